The van der Waals surface area contributed by atoms with E-state index in [0.29, 0.717) is 5.54 Å². The molecule has 0 amide bonds. The Bertz CT molecular complexity index is 385. The van der Waals surface area contributed by atoms with Crippen LogP contribution < -0.4 is 5.32 Å². The molecule has 1 saturated carbocycles. The molecule has 2 unspecified atom stereocenters. The number of nitrogens with one attached hydrogen (secondary N) is 1. The zero-order valence-corrected chi connectivity index (χ0v) is 12.3. The Morgan fingerprint density at radius 2 is 2.33 bits per heavy atom. The van der Waals surface area contributed by atoms with E-state index in [1.54, 1.807) is 0 Å². The molecule has 2 fully saturated rings. The molecular formula is C15H24N2S. The minimum atomic E-state index is 0.307. The second-order valence-corrected chi connectivity index (χ2v) is 7.02. The Morgan fingerprint density at radius 3 is 2.94 bits per heavy atom. The maximum absolute atomic E-state index is 3.79. The summed E-state index contributed by atoms with van der Waals surface area (Å²) in [5, 5.41) is 8.29. The molecule has 2 atom stereocenters. The molecule has 1 aliphatic carbocycles. The molecule has 1 aromatic rings. The smallest absolute Gasteiger partial charge is 0.0278 e. The van der Waals surface area contributed by atoms with Gasteiger partial charge in [-0.3, -0.25) is 4.90 Å². The normalized spacial score (nSPS) is 33.8. The van der Waals surface area contributed by atoms with Gasteiger partial charge in [-0.25, -0.2) is 0 Å². The quantitative estimate of drug-likeness (QED) is 0.899. The van der Waals surface area contributed by atoms with Crippen molar-refractivity contribution in [3.63, 3.8) is 0 Å². The van der Waals surface area contributed by atoms with Crippen LogP contribution in [0.25, 0.3) is 0 Å². The molecule has 2 aliphatic rings. The van der Waals surface area contributed by atoms with E-state index in [1.807, 2.05) is 11.3 Å². The molecule has 100 valence electrons. The van der Waals surface area contributed by atoms with Crippen molar-refractivity contribution < 1.29 is 0 Å². The van der Waals surface area contributed by atoms with Crippen LogP contribution in [-0.4, -0.2) is 29.6 Å². The van der Waals surface area contributed by atoms with Gasteiger partial charge in [-0.05, 0) is 54.5 Å². The fraction of sp³-hybridized carbons (Fsp3) is 0.733. The minimum absolute atomic E-state index is 0.307. The molecule has 0 spiro atoms. The fourth-order valence-electron chi connectivity index (χ4n) is 3.07. The largest absolute Gasteiger partial charge is 0.309 e. The van der Waals surface area contributed by atoms with Crippen molar-refractivity contribution >= 4 is 11.3 Å². The maximum Gasteiger partial charge on any atom is 0.0278 e. The van der Waals surface area contributed by atoms with Crippen LogP contribution in [0.5, 0.6) is 0 Å². The van der Waals surface area contributed by atoms with Crippen LogP contribution in [0.1, 0.15) is 38.7 Å². The van der Waals surface area contributed by atoms with Gasteiger partial charge in [-0.1, -0.05) is 6.92 Å². The third-order valence-electron chi connectivity index (χ3n) is 4.67. The molecule has 3 rings (SSSR count). The van der Waals surface area contributed by atoms with Gasteiger partial charge in [0.2, 0.25) is 0 Å². The molecule has 1 aliphatic heterocycles. The molecule has 0 aromatic carbocycles. The van der Waals surface area contributed by atoms with Crippen LogP contribution >= 0.6 is 11.3 Å². The first-order chi connectivity index (χ1) is 8.70. The molecule has 2 nitrogen and oxygen atoms in total. The number of hydrogen-bond acceptors (Lipinski definition) is 3. The second kappa shape index (κ2) is 4.95. The average molecular weight is 264 g/mol. The van der Waals surface area contributed by atoms with Gasteiger partial charge in [0.1, 0.15) is 0 Å². The Morgan fingerprint density at radius 1 is 1.50 bits per heavy atom. The summed E-state index contributed by atoms with van der Waals surface area (Å²) in [7, 11) is 0. The van der Waals surface area contributed by atoms with Crippen molar-refractivity contribution in [3.05, 3.63) is 22.4 Å². The number of rotatable bonds is 4. The SMILES string of the molecule is CCC1(C)CN(Cc2ccsc2)C(C2CC2)CN1. The predicted octanol–water partition coefficient (Wildman–Crippen LogP) is 3.10. The average Bonchev–Trinajstić information content (AvgIpc) is 3.08. The lowest BCUT2D eigenvalue weighted by Gasteiger charge is -2.46. The maximum atomic E-state index is 3.79. The van der Waals surface area contributed by atoms with Crippen LogP contribution in [-0.2, 0) is 6.54 Å². The fourth-order valence-corrected chi connectivity index (χ4v) is 3.73. The van der Waals surface area contributed by atoms with E-state index in [0.717, 1.165) is 18.5 Å². The summed E-state index contributed by atoms with van der Waals surface area (Å²) in [6, 6.07) is 3.05. The number of piperazine rings is 1. The summed E-state index contributed by atoms with van der Waals surface area (Å²) in [5.74, 6) is 0.956. The molecule has 0 bridgehead atoms. The summed E-state index contributed by atoms with van der Waals surface area (Å²) in [6.07, 6.45) is 4.09. The number of thiophene rings is 1. The highest BCUT2D eigenvalue weighted by molar-refractivity contribution is 7.07. The first-order valence-corrected chi connectivity index (χ1v) is 8.14. The zero-order valence-electron chi connectivity index (χ0n) is 11.5. The monoisotopic (exact) mass is 264 g/mol. The van der Waals surface area contributed by atoms with Gasteiger partial charge in [0.25, 0.3) is 0 Å². The molecule has 18 heavy (non-hydrogen) atoms. The molecule has 3 heteroatoms. The van der Waals surface area contributed by atoms with Gasteiger partial charge >= 0.3 is 0 Å². The topological polar surface area (TPSA) is 15.3 Å². The zero-order chi connectivity index (χ0) is 12.6. The molecule has 1 aromatic heterocycles. The molecule has 1 saturated heterocycles. The summed E-state index contributed by atoms with van der Waals surface area (Å²) in [4.78, 5) is 2.74. The third-order valence-corrected chi connectivity index (χ3v) is 5.40. The number of nitrogens with zero attached hydrogens (tertiary/aromatic N) is 1. The lowest BCUT2D eigenvalue weighted by atomic mass is 9.92. The summed E-state index contributed by atoms with van der Waals surface area (Å²) >= 11 is 1.82. The first-order valence-electron chi connectivity index (χ1n) is 7.20. The Labute approximate surface area is 114 Å². The van der Waals surface area contributed by atoms with Gasteiger partial charge in [-0.15, -0.1) is 0 Å². The Hall–Kier alpha value is -0.380. The van der Waals surface area contributed by atoms with Crippen molar-refractivity contribution in [3.8, 4) is 0 Å². The van der Waals surface area contributed by atoms with Crippen LogP contribution in [0.15, 0.2) is 16.8 Å². The van der Waals surface area contributed by atoms with Crippen LogP contribution in [0.4, 0.5) is 0 Å². The van der Waals surface area contributed by atoms with E-state index in [2.05, 4.69) is 40.9 Å². The lowest BCUT2D eigenvalue weighted by molar-refractivity contribution is 0.0663. The van der Waals surface area contributed by atoms with Crippen LogP contribution in [0.3, 0.4) is 0 Å². The van der Waals surface area contributed by atoms with E-state index >= 15 is 0 Å². The van der Waals surface area contributed by atoms with Crippen molar-refractivity contribution in [1.82, 2.24) is 10.2 Å². The van der Waals surface area contributed by atoms with E-state index in [1.165, 1.54) is 37.9 Å². The standard InChI is InChI=1S/C15H24N2S/c1-3-15(2)11-17(9-12-6-7-18-10-12)14(8-16-15)13-4-5-13/h6-7,10,13-14,16H,3-5,8-9,11H2,1-2H3. The highest BCUT2D eigenvalue weighted by Gasteiger charge is 2.41. The summed E-state index contributed by atoms with van der Waals surface area (Å²) in [6.45, 7) is 8.19. The molecule has 1 N–H and O–H groups in total. The van der Waals surface area contributed by atoms with Crippen molar-refractivity contribution in [2.24, 2.45) is 5.92 Å². The van der Waals surface area contributed by atoms with Crippen LogP contribution in [0, 0.1) is 5.92 Å². The van der Waals surface area contributed by atoms with E-state index < -0.39 is 0 Å². The van der Waals surface area contributed by atoms with Gasteiger partial charge in [0, 0.05) is 31.2 Å². The molecular weight excluding hydrogens is 240 g/mol. The minimum Gasteiger partial charge on any atom is -0.309 e. The third kappa shape index (κ3) is 2.63. The van der Waals surface area contributed by atoms with E-state index in [-0.39, 0.29) is 0 Å². The van der Waals surface area contributed by atoms with Gasteiger partial charge in [0.15, 0.2) is 0 Å². The van der Waals surface area contributed by atoms with E-state index in [4.69, 9.17) is 0 Å². The molecule has 2 heterocycles. The summed E-state index contributed by atoms with van der Waals surface area (Å²) < 4.78 is 0. The number of hydrogen-bond donors (Lipinski definition) is 1. The van der Waals surface area contributed by atoms with Crippen molar-refractivity contribution in [2.75, 3.05) is 13.1 Å². The van der Waals surface area contributed by atoms with Crippen molar-refractivity contribution in [2.45, 2.75) is 51.2 Å². The second-order valence-electron chi connectivity index (χ2n) is 6.24. The van der Waals surface area contributed by atoms with E-state index in [9.17, 15) is 0 Å². The molecule has 0 radical (unpaired) electrons. The van der Waals surface area contributed by atoms with Gasteiger partial charge in [0.05, 0.1) is 0 Å². The van der Waals surface area contributed by atoms with Gasteiger partial charge < -0.3 is 5.32 Å². The lowest BCUT2D eigenvalue weighted by Crippen LogP contribution is -2.62. The van der Waals surface area contributed by atoms with Crippen LogP contribution in [0.2, 0.25) is 0 Å². The van der Waals surface area contributed by atoms with Crippen molar-refractivity contribution in [1.29, 1.82) is 0 Å². The summed E-state index contributed by atoms with van der Waals surface area (Å²) in [5.41, 5.74) is 1.80. The Kier molecular flexibility index (Phi) is 3.48. The van der Waals surface area contributed by atoms with Gasteiger partial charge in [-0.2, -0.15) is 11.3 Å². The first kappa shape index (κ1) is 12.6. The Balaban J connectivity index is 1.72. The predicted molar refractivity (Wildman–Crippen MR) is 77.9 cm³/mol. The highest BCUT2D eigenvalue weighted by atomic mass is 32.1. The highest BCUT2D eigenvalue weighted by Crippen LogP contribution is 2.38.